The van der Waals surface area contributed by atoms with Gasteiger partial charge in [0.25, 0.3) is 0 Å². The zero-order valence-electron chi connectivity index (χ0n) is 14.7. The van der Waals surface area contributed by atoms with Gasteiger partial charge in [-0.2, -0.15) is 0 Å². The average molecular weight is 408 g/mol. The first-order valence-electron chi connectivity index (χ1n) is 8.07. The molecule has 0 nitrogen and oxygen atoms in total. The quantitative estimate of drug-likeness (QED) is 0.456. The van der Waals surface area contributed by atoms with Crippen molar-refractivity contribution in [1.29, 1.82) is 0 Å². The van der Waals surface area contributed by atoms with E-state index in [2.05, 4.69) is 61.5 Å². The Kier molecular flexibility index (Phi) is 20.9. The summed E-state index contributed by atoms with van der Waals surface area (Å²) in [7, 11) is 1.21. The Hall–Kier alpha value is 2.15. The molecule has 0 heterocycles. The van der Waals surface area contributed by atoms with Crippen molar-refractivity contribution in [3.63, 3.8) is 0 Å². The van der Waals surface area contributed by atoms with Crippen LogP contribution in [0.15, 0.2) is 0 Å². The molecular weight excluding hydrogens is 373 g/mol. The molecule has 1 aliphatic rings. The normalized spacial score (nSPS) is 21.3. The summed E-state index contributed by atoms with van der Waals surface area (Å²) in [6, 6.07) is 0. The van der Waals surface area contributed by atoms with Gasteiger partial charge in [-0.15, -0.1) is 8.58 Å². The maximum atomic E-state index is 2.39. The molecule has 0 aromatic rings. The smallest absolute Gasteiger partial charge is 0.0229 e. The topological polar surface area (TPSA) is 0 Å². The molecule has 5 heteroatoms. The summed E-state index contributed by atoms with van der Waals surface area (Å²) < 4.78 is 0. The molecule has 0 spiro atoms. The molecule has 1 rings (SSSR count). The van der Waals surface area contributed by atoms with E-state index in [1.807, 2.05) is 0 Å². The summed E-state index contributed by atoms with van der Waals surface area (Å²) >= 11 is 2.23. The maximum absolute atomic E-state index is 2.39. The van der Waals surface area contributed by atoms with Gasteiger partial charge >= 0.3 is 46.0 Å². The predicted octanol–water partition coefficient (Wildman–Crippen LogP) is 0.365. The van der Waals surface area contributed by atoms with Crippen LogP contribution in [-0.2, 0) is 19.9 Å². The van der Waals surface area contributed by atoms with Crippen LogP contribution < -0.4 is 24.8 Å². The Labute approximate surface area is 161 Å². The van der Waals surface area contributed by atoms with Crippen LogP contribution in [0.2, 0.25) is 0 Å². The van der Waals surface area contributed by atoms with Crippen LogP contribution in [0.1, 0.15) is 80.1 Å². The summed E-state index contributed by atoms with van der Waals surface area (Å²) in [5.74, 6) is 0. The fourth-order valence-electron chi connectivity index (χ4n) is 2.96. The van der Waals surface area contributed by atoms with Crippen LogP contribution in [0, 0.1) is 5.41 Å². The fraction of sp³-hybridized carbons (Fsp3) is 1.00. The van der Waals surface area contributed by atoms with E-state index in [0.717, 1.165) is 29.0 Å². The van der Waals surface area contributed by atoms with Crippen LogP contribution in [-0.4, -0.2) is 17.0 Å². The van der Waals surface area contributed by atoms with E-state index >= 15 is 0 Å². The summed E-state index contributed by atoms with van der Waals surface area (Å²) in [6.45, 7) is 15.1. The number of rotatable bonds is 5. The second kappa shape index (κ2) is 15.7. The minimum absolute atomic E-state index is 0. The van der Waals surface area contributed by atoms with Gasteiger partial charge in [0.1, 0.15) is 0 Å². The fourth-order valence-corrected chi connectivity index (χ4v) is 4.82. The SMILES string of the molecule is CC(C)[PH][Ti+2].CCC1(CC)CCCC(PC(C)C)C1.[Cl-].[Cl-]. The number of halogens is 2. The largest absolute Gasteiger partial charge is 1.00 e. The van der Waals surface area contributed by atoms with Crippen molar-refractivity contribution in [3.05, 3.63) is 0 Å². The first-order chi connectivity index (χ1) is 8.89. The van der Waals surface area contributed by atoms with Crippen LogP contribution in [0.5, 0.6) is 0 Å². The van der Waals surface area contributed by atoms with Crippen molar-refractivity contribution in [1.82, 2.24) is 0 Å². The molecule has 1 saturated carbocycles. The van der Waals surface area contributed by atoms with Crippen molar-refractivity contribution in [2.75, 3.05) is 0 Å². The molecule has 0 aliphatic heterocycles. The van der Waals surface area contributed by atoms with Crippen LogP contribution in [0.25, 0.3) is 0 Å². The molecule has 3 atom stereocenters. The zero-order chi connectivity index (χ0) is 14.9. The van der Waals surface area contributed by atoms with E-state index in [-0.39, 0.29) is 24.8 Å². The van der Waals surface area contributed by atoms with Crippen LogP contribution in [0.4, 0.5) is 0 Å². The molecule has 0 N–H and O–H groups in total. The van der Waals surface area contributed by atoms with Gasteiger partial charge < -0.3 is 24.8 Å². The van der Waals surface area contributed by atoms with Gasteiger partial charge in [-0.05, 0) is 36.0 Å². The van der Waals surface area contributed by atoms with Crippen molar-refractivity contribution >= 4 is 15.2 Å². The van der Waals surface area contributed by atoms with Gasteiger partial charge in [0, 0.05) is 0 Å². The summed E-state index contributed by atoms with van der Waals surface area (Å²) in [4.78, 5) is 0. The molecule has 0 radical (unpaired) electrons. The zero-order valence-corrected chi connectivity index (χ0v) is 19.8. The van der Waals surface area contributed by atoms with E-state index in [9.17, 15) is 0 Å². The van der Waals surface area contributed by atoms with Gasteiger partial charge in [-0.1, -0.05) is 47.0 Å². The average Bonchev–Trinajstić information content (AvgIpc) is 2.38. The van der Waals surface area contributed by atoms with Crippen LogP contribution >= 0.6 is 15.2 Å². The van der Waals surface area contributed by atoms with E-state index in [1.165, 1.54) is 47.1 Å². The van der Waals surface area contributed by atoms with Crippen molar-refractivity contribution < 1.29 is 44.7 Å². The molecule has 3 unspecified atom stereocenters. The molecule has 0 aromatic carbocycles. The Balaban J connectivity index is -0.000000405. The van der Waals surface area contributed by atoms with E-state index in [1.54, 1.807) is 0 Å². The van der Waals surface area contributed by atoms with Crippen molar-refractivity contribution in [2.45, 2.75) is 97.0 Å². The van der Waals surface area contributed by atoms with Gasteiger partial charge in [0.15, 0.2) is 0 Å². The Bertz CT molecular complexity index is 222. The Morgan fingerprint density at radius 1 is 1.05 bits per heavy atom. The summed E-state index contributed by atoms with van der Waals surface area (Å²) in [5.41, 5.74) is 3.62. The third-order valence-corrected chi connectivity index (χ3v) is 9.21. The second-order valence-electron chi connectivity index (χ2n) is 6.62. The van der Waals surface area contributed by atoms with Crippen molar-refractivity contribution in [2.24, 2.45) is 5.41 Å². The number of hydrogen-bond donors (Lipinski definition) is 0. The molecule has 0 amide bonds. The van der Waals surface area contributed by atoms with E-state index < -0.39 is 0 Å². The van der Waals surface area contributed by atoms with Crippen molar-refractivity contribution in [3.8, 4) is 0 Å². The standard InChI is InChI=1S/C13H27P.C3H8P.2ClH.Ti/c1-5-13(6-2)9-7-8-12(10-13)14-11(3)4;1-3(2)4;;;/h11-12,14H,5-10H2,1-4H3;3-4H,1-2H3;2*1H;/q;-1;;;+3/p-2. The maximum Gasteiger partial charge on any atom is -0.0229 e. The molecule has 0 aromatic heterocycles. The molecule has 21 heavy (non-hydrogen) atoms. The Morgan fingerprint density at radius 3 is 1.86 bits per heavy atom. The Morgan fingerprint density at radius 2 is 1.52 bits per heavy atom. The minimum atomic E-state index is 0. The number of hydrogen-bond acceptors (Lipinski definition) is 0. The van der Waals surface area contributed by atoms with Gasteiger partial charge in [-0.25, -0.2) is 0 Å². The third-order valence-electron chi connectivity index (χ3n) is 4.30. The predicted molar refractivity (Wildman–Crippen MR) is 92.2 cm³/mol. The van der Waals surface area contributed by atoms with E-state index in [0.29, 0.717) is 0 Å². The molecule has 0 saturated heterocycles. The van der Waals surface area contributed by atoms with Crippen LogP contribution in [0.3, 0.4) is 0 Å². The molecule has 1 aliphatic carbocycles. The van der Waals surface area contributed by atoms with Gasteiger partial charge in [-0.3, -0.25) is 0 Å². The third kappa shape index (κ3) is 13.2. The first-order valence-corrected chi connectivity index (χ1v) is 12.6. The monoisotopic (exact) mass is 407 g/mol. The minimum Gasteiger partial charge on any atom is -1.00 e. The molecular formula is C16H35Cl2P2Ti. The molecule has 1 fully saturated rings. The molecule has 0 bridgehead atoms. The first kappa shape index (κ1) is 28.0. The summed E-state index contributed by atoms with van der Waals surface area (Å²) in [5, 5.41) is 0. The van der Waals surface area contributed by atoms with Gasteiger partial charge in [0.05, 0.1) is 0 Å². The van der Waals surface area contributed by atoms with E-state index in [4.69, 9.17) is 0 Å². The second-order valence-corrected chi connectivity index (χ2v) is 11.7. The molecule has 127 valence electrons. The summed E-state index contributed by atoms with van der Waals surface area (Å²) in [6.07, 6.45) is 8.84. The van der Waals surface area contributed by atoms with Gasteiger partial charge in [0.2, 0.25) is 0 Å².